The molecule has 0 heterocycles. The lowest BCUT2D eigenvalue weighted by Crippen LogP contribution is -2.35. The first-order chi connectivity index (χ1) is 14.6. The number of methoxy groups -OCH3 is 1. The van der Waals surface area contributed by atoms with E-state index in [1.807, 2.05) is 43.3 Å². The molecule has 1 unspecified atom stereocenters. The Balaban J connectivity index is 2.25. The maximum atomic E-state index is 13.0. The van der Waals surface area contributed by atoms with Crippen molar-refractivity contribution in [2.24, 2.45) is 0 Å². The molecule has 0 fully saturated rings. The minimum absolute atomic E-state index is 0.0663. The van der Waals surface area contributed by atoms with Crippen molar-refractivity contribution in [3.05, 3.63) is 59.2 Å². The molecule has 1 N–H and O–H groups in total. The number of amides is 1. The second-order valence-electron chi connectivity index (χ2n) is 7.54. The third-order valence-corrected chi connectivity index (χ3v) is 7.52. The maximum absolute atomic E-state index is 13.0. The van der Waals surface area contributed by atoms with Gasteiger partial charge in [0.05, 0.1) is 18.0 Å². The molecule has 8 heteroatoms. The monoisotopic (exact) mass is 447 g/mol. The number of benzene rings is 2. The zero-order valence-electron chi connectivity index (χ0n) is 19.2. The molecule has 7 nitrogen and oxygen atoms in total. The molecule has 1 atom stereocenters. The van der Waals surface area contributed by atoms with Gasteiger partial charge in [-0.05, 0) is 56.4 Å². The van der Waals surface area contributed by atoms with Crippen molar-refractivity contribution < 1.29 is 17.9 Å². The van der Waals surface area contributed by atoms with Crippen LogP contribution < -0.4 is 10.1 Å². The number of carbonyl (C=O) groups excluding carboxylic acids is 1. The van der Waals surface area contributed by atoms with Crippen molar-refractivity contribution in [3.63, 3.8) is 0 Å². The van der Waals surface area contributed by atoms with Crippen molar-refractivity contribution in [2.45, 2.75) is 31.7 Å². The van der Waals surface area contributed by atoms with Crippen LogP contribution in [0.5, 0.6) is 5.75 Å². The molecule has 0 aromatic heterocycles. The maximum Gasteiger partial charge on any atom is 0.251 e. The highest BCUT2D eigenvalue weighted by atomic mass is 32.2. The molecule has 31 heavy (non-hydrogen) atoms. The third kappa shape index (κ3) is 5.84. The van der Waals surface area contributed by atoms with Crippen molar-refractivity contribution in [1.29, 1.82) is 0 Å². The van der Waals surface area contributed by atoms with Gasteiger partial charge in [0.1, 0.15) is 5.75 Å². The van der Waals surface area contributed by atoms with E-state index in [1.165, 1.54) is 10.4 Å². The second-order valence-corrected chi connectivity index (χ2v) is 9.44. The summed E-state index contributed by atoms with van der Waals surface area (Å²) in [4.78, 5) is 15.0. The van der Waals surface area contributed by atoms with Gasteiger partial charge in [-0.3, -0.25) is 4.79 Å². The second kappa shape index (κ2) is 10.7. The molecule has 0 bridgehead atoms. The molecule has 2 aromatic carbocycles. The van der Waals surface area contributed by atoms with E-state index >= 15 is 0 Å². The summed E-state index contributed by atoms with van der Waals surface area (Å²) in [5.74, 6) is 0.436. The van der Waals surface area contributed by atoms with E-state index in [9.17, 15) is 13.2 Å². The molecule has 2 rings (SSSR count). The van der Waals surface area contributed by atoms with Gasteiger partial charge in [0, 0.05) is 25.2 Å². The lowest BCUT2D eigenvalue weighted by Gasteiger charge is -2.25. The highest BCUT2D eigenvalue weighted by Crippen LogP contribution is 2.23. The SMILES string of the molecule is CCN(CC)S(=O)(=O)c1cc(C(=O)NCC(c2cccc(OC)c2)N(C)C)ccc1C. The number of ether oxygens (including phenoxy) is 1. The Hall–Kier alpha value is -2.42. The Morgan fingerprint density at radius 2 is 1.77 bits per heavy atom. The lowest BCUT2D eigenvalue weighted by molar-refractivity contribution is 0.0941. The number of hydrogen-bond donors (Lipinski definition) is 1. The highest BCUT2D eigenvalue weighted by molar-refractivity contribution is 7.89. The minimum Gasteiger partial charge on any atom is -0.497 e. The lowest BCUT2D eigenvalue weighted by atomic mass is 10.1. The molecule has 0 saturated heterocycles. The number of nitrogens with zero attached hydrogens (tertiary/aromatic N) is 2. The van der Waals surface area contributed by atoms with E-state index in [1.54, 1.807) is 40.0 Å². The Morgan fingerprint density at radius 3 is 2.35 bits per heavy atom. The van der Waals surface area contributed by atoms with Gasteiger partial charge in [0.2, 0.25) is 10.0 Å². The standard InChI is InChI=1S/C23H33N3O4S/c1-7-26(8-2)31(28,29)22-15-19(13-12-17(22)3)23(27)24-16-21(25(4)5)18-10-9-11-20(14-18)30-6/h9-15,21H,7-8,16H2,1-6H3,(H,24,27). The molecule has 0 aliphatic heterocycles. The van der Waals surface area contributed by atoms with Crippen LogP contribution in [0, 0.1) is 6.92 Å². The quantitative estimate of drug-likeness (QED) is 0.606. The van der Waals surface area contributed by atoms with Gasteiger partial charge >= 0.3 is 0 Å². The van der Waals surface area contributed by atoms with Crippen LogP contribution in [0.3, 0.4) is 0 Å². The Morgan fingerprint density at radius 1 is 1.10 bits per heavy atom. The Bertz CT molecular complexity index is 1000. The molecule has 170 valence electrons. The summed E-state index contributed by atoms with van der Waals surface area (Å²) in [6.07, 6.45) is 0. The first kappa shape index (κ1) is 24.8. The fourth-order valence-corrected chi connectivity index (χ4v) is 5.17. The van der Waals surface area contributed by atoms with Crippen molar-refractivity contribution in [3.8, 4) is 5.75 Å². The summed E-state index contributed by atoms with van der Waals surface area (Å²) < 4.78 is 32.6. The fourth-order valence-electron chi connectivity index (χ4n) is 3.46. The van der Waals surface area contributed by atoms with Gasteiger partial charge in [-0.2, -0.15) is 4.31 Å². The summed E-state index contributed by atoms with van der Waals surface area (Å²) in [5, 5.41) is 2.94. The molecule has 0 radical (unpaired) electrons. The van der Waals surface area contributed by atoms with Crippen LogP contribution in [0.15, 0.2) is 47.4 Å². The predicted molar refractivity (Wildman–Crippen MR) is 123 cm³/mol. The zero-order valence-corrected chi connectivity index (χ0v) is 20.0. The van der Waals surface area contributed by atoms with Crippen LogP contribution in [0.1, 0.15) is 41.4 Å². The van der Waals surface area contributed by atoms with Gasteiger partial charge in [0.25, 0.3) is 5.91 Å². The average molecular weight is 448 g/mol. The molecule has 2 aromatic rings. The number of rotatable bonds is 10. The normalized spacial score (nSPS) is 12.8. The molecule has 1 amide bonds. The van der Waals surface area contributed by atoms with E-state index in [0.29, 0.717) is 30.8 Å². The van der Waals surface area contributed by atoms with E-state index in [4.69, 9.17) is 4.74 Å². The molecular weight excluding hydrogens is 414 g/mol. The number of hydrogen-bond acceptors (Lipinski definition) is 5. The first-order valence-corrected chi connectivity index (χ1v) is 11.8. The summed E-state index contributed by atoms with van der Waals surface area (Å²) >= 11 is 0. The van der Waals surface area contributed by atoms with Crippen LogP contribution in [0.2, 0.25) is 0 Å². The predicted octanol–water partition coefficient (Wildman–Crippen LogP) is 3.07. The number of nitrogens with one attached hydrogen (secondary N) is 1. The van der Waals surface area contributed by atoms with Gasteiger partial charge < -0.3 is 15.0 Å². The summed E-state index contributed by atoms with van der Waals surface area (Å²) in [5.41, 5.74) is 1.95. The summed E-state index contributed by atoms with van der Waals surface area (Å²) in [7, 11) is 1.85. The molecule has 0 spiro atoms. The van der Waals surface area contributed by atoms with Gasteiger partial charge in [-0.1, -0.05) is 32.0 Å². The van der Waals surface area contributed by atoms with Crippen LogP contribution in [-0.4, -0.2) is 64.4 Å². The summed E-state index contributed by atoms with van der Waals surface area (Å²) in [6, 6.07) is 12.4. The molecule has 0 saturated carbocycles. The third-order valence-electron chi connectivity index (χ3n) is 5.33. The van der Waals surface area contributed by atoms with E-state index in [2.05, 4.69) is 5.32 Å². The fraction of sp³-hybridized carbons (Fsp3) is 0.435. The van der Waals surface area contributed by atoms with Crippen LogP contribution in [0.4, 0.5) is 0 Å². The van der Waals surface area contributed by atoms with Crippen LogP contribution in [0.25, 0.3) is 0 Å². The zero-order chi connectivity index (χ0) is 23.2. The van der Waals surface area contributed by atoms with E-state index in [0.717, 1.165) is 11.3 Å². The Kier molecular flexibility index (Phi) is 8.61. The minimum atomic E-state index is -3.65. The van der Waals surface area contributed by atoms with E-state index < -0.39 is 10.0 Å². The van der Waals surface area contributed by atoms with Gasteiger partial charge in [0.15, 0.2) is 0 Å². The van der Waals surface area contributed by atoms with Crippen LogP contribution in [-0.2, 0) is 10.0 Å². The number of carbonyl (C=O) groups is 1. The average Bonchev–Trinajstić information content (AvgIpc) is 2.74. The van der Waals surface area contributed by atoms with Gasteiger partial charge in [-0.25, -0.2) is 8.42 Å². The van der Waals surface area contributed by atoms with E-state index in [-0.39, 0.29) is 16.8 Å². The first-order valence-electron chi connectivity index (χ1n) is 10.3. The number of likely N-dealkylation sites (N-methyl/N-ethyl adjacent to an activating group) is 1. The van der Waals surface area contributed by atoms with Crippen molar-refractivity contribution in [2.75, 3.05) is 40.8 Å². The molecule has 0 aliphatic carbocycles. The van der Waals surface area contributed by atoms with Crippen LogP contribution >= 0.6 is 0 Å². The smallest absolute Gasteiger partial charge is 0.251 e. The van der Waals surface area contributed by atoms with Crippen molar-refractivity contribution in [1.82, 2.24) is 14.5 Å². The Labute approximate surface area is 186 Å². The number of sulfonamides is 1. The molecular formula is C23H33N3O4S. The topological polar surface area (TPSA) is 79.0 Å². The number of aryl methyl sites for hydroxylation is 1. The highest BCUT2D eigenvalue weighted by Gasteiger charge is 2.25. The molecule has 0 aliphatic rings. The van der Waals surface area contributed by atoms with Crippen molar-refractivity contribution >= 4 is 15.9 Å². The largest absolute Gasteiger partial charge is 0.497 e. The van der Waals surface area contributed by atoms with Gasteiger partial charge in [-0.15, -0.1) is 0 Å². The summed E-state index contributed by atoms with van der Waals surface area (Å²) in [6.45, 7) is 6.45.